The molecule has 1 aromatic rings. The number of hydrogen-bond acceptors (Lipinski definition) is 2. The van der Waals surface area contributed by atoms with Crippen molar-refractivity contribution in [1.82, 2.24) is 15.1 Å². The van der Waals surface area contributed by atoms with Crippen LogP contribution in [0.2, 0.25) is 0 Å². The normalized spacial score (nSPS) is 42.0. The van der Waals surface area contributed by atoms with Crippen LogP contribution >= 0.6 is 0 Å². The smallest absolute Gasteiger partial charge is 0.0685 e. The summed E-state index contributed by atoms with van der Waals surface area (Å²) in [6.45, 7) is 2.16. The maximum absolute atomic E-state index is 4.89. The van der Waals surface area contributed by atoms with Gasteiger partial charge in [0.2, 0.25) is 0 Å². The Bertz CT molecular complexity index is 522. The van der Waals surface area contributed by atoms with Crippen LogP contribution < -0.4 is 5.32 Å². The van der Waals surface area contributed by atoms with E-state index < -0.39 is 0 Å². The predicted octanol–water partition coefficient (Wildman–Crippen LogP) is 2.53. The van der Waals surface area contributed by atoms with Crippen molar-refractivity contribution in [3.8, 4) is 0 Å². The molecule has 0 atom stereocenters. The average molecular weight is 271 g/mol. The highest BCUT2D eigenvalue weighted by molar-refractivity contribution is 5.36. The Hall–Kier alpha value is -0.830. The molecule has 2 heterocycles. The van der Waals surface area contributed by atoms with E-state index in [1.807, 2.05) is 0 Å². The molecular formula is C17H25N3. The van der Waals surface area contributed by atoms with E-state index in [2.05, 4.69) is 17.0 Å². The van der Waals surface area contributed by atoms with Crippen molar-refractivity contribution in [3.63, 3.8) is 0 Å². The summed E-state index contributed by atoms with van der Waals surface area (Å²) >= 11 is 0. The third kappa shape index (κ3) is 1.47. The molecule has 1 N–H and O–H groups in total. The molecule has 3 heteroatoms. The van der Waals surface area contributed by atoms with E-state index in [0.717, 1.165) is 37.3 Å². The number of nitrogens with one attached hydrogen (secondary N) is 1. The molecule has 0 amide bonds. The monoisotopic (exact) mass is 271 g/mol. The Morgan fingerprint density at radius 3 is 2.40 bits per heavy atom. The zero-order valence-electron chi connectivity index (χ0n) is 12.5. The number of rotatable bonds is 1. The summed E-state index contributed by atoms with van der Waals surface area (Å²) in [6.07, 6.45) is 10.0. The summed E-state index contributed by atoms with van der Waals surface area (Å²) in [4.78, 5) is 0. The second-order valence-electron chi connectivity index (χ2n) is 8.02. The van der Waals surface area contributed by atoms with Crippen LogP contribution in [0.1, 0.15) is 55.5 Å². The van der Waals surface area contributed by atoms with Gasteiger partial charge < -0.3 is 5.32 Å². The molecule has 0 aromatic carbocycles. The molecule has 5 aliphatic rings. The summed E-state index contributed by atoms with van der Waals surface area (Å²) in [6, 6.07) is 0. The molecule has 6 rings (SSSR count). The van der Waals surface area contributed by atoms with E-state index in [-0.39, 0.29) is 0 Å². The number of hydrogen-bond donors (Lipinski definition) is 1. The Labute approximate surface area is 121 Å². The molecule has 4 fully saturated rings. The molecular weight excluding hydrogens is 246 g/mol. The molecule has 0 radical (unpaired) electrons. The average Bonchev–Trinajstić information content (AvgIpc) is 2.73. The fourth-order valence-electron chi connectivity index (χ4n) is 6.49. The van der Waals surface area contributed by atoms with Crippen LogP contribution in [0.15, 0.2) is 0 Å². The fourth-order valence-corrected chi connectivity index (χ4v) is 6.49. The van der Waals surface area contributed by atoms with Gasteiger partial charge >= 0.3 is 0 Å². The third-order valence-electron chi connectivity index (χ3n) is 6.61. The van der Waals surface area contributed by atoms with Gasteiger partial charge in [-0.05, 0) is 56.3 Å². The van der Waals surface area contributed by atoms with E-state index in [1.165, 1.54) is 44.2 Å². The Morgan fingerprint density at radius 1 is 1.10 bits per heavy atom. The van der Waals surface area contributed by atoms with Crippen LogP contribution in [-0.2, 0) is 25.4 Å². The molecule has 20 heavy (non-hydrogen) atoms. The quantitative estimate of drug-likeness (QED) is 0.850. The van der Waals surface area contributed by atoms with Crippen LogP contribution in [0, 0.1) is 17.8 Å². The van der Waals surface area contributed by atoms with Gasteiger partial charge in [-0.3, -0.25) is 4.68 Å². The van der Waals surface area contributed by atoms with Crippen molar-refractivity contribution in [2.24, 2.45) is 24.8 Å². The SMILES string of the molecule is Cn1nc2c(c1C13CC4CC(CC(C4)C1)C3)CNCC2. The number of fused-ring (bicyclic) bond motifs is 1. The second-order valence-corrected chi connectivity index (χ2v) is 8.02. The van der Waals surface area contributed by atoms with Crippen molar-refractivity contribution in [1.29, 1.82) is 0 Å². The number of nitrogens with zero attached hydrogens (tertiary/aromatic N) is 2. The molecule has 3 nitrogen and oxygen atoms in total. The van der Waals surface area contributed by atoms with Gasteiger partial charge in [-0.25, -0.2) is 0 Å². The summed E-state index contributed by atoms with van der Waals surface area (Å²) in [5.41, 5.74) is 5.07. The maximum Gasteiger partial charge on any atom is 0.0685 e. The summed E-state index contributed by atoms with van der Waals surface area (Å²) in [7, 11) is 2.20. The fraction of sp³-hybridized carbons (Fsp3) is 0.824. The largest absolute Gasteiger partial charge is 0.312 e. The summed E-state index contributed by atoms with van der Waals surface area (Å²) in [5, 5.41) is 8.46. The van der Waals surface area contributed by atoms with Gasteiger partial charge in [0, 0.05) is 43.2 Å². The van der Waals surface area contributed by atoms with Crippen LogP contribution in [0.5, 0.6) is 0 Å². The minimum Gasteiger partial charge on any atom is -0.312 e. The van der Waals surface area contributed by atoms with E-state index in [0.29, 0.717) is 5.41 Å². The lowest BCUT2D eigenvalue weighted by Gasteiger charge is -2.57. The van der Waals surface area contributed by atoms with Gasteiger partial charge in [-0.1, -0.05) is 0 Å². The highest BCUT2D eigenvalue weighted by Gasteiger charge is 2.53. The molecule has 108 valence electrons. The molecule has 1 aliphatic heterocycles. The first-order valence-electron chi connectivity index (χ1n) is 8.49. The van der Waals surface area contributed by atoms with Gasteiger partial charge in [0.15, 0.2) is 0 Å². The standard InChI is InChI=1S/C17H25N3/c1-20-16(14-10-18-3-2-15(14)19-20)17-7-11-4-12(8-17)6-13(5-11)9-17/h11-13,18H,2-10H2,1H3. The van der Waals surface area contributed by atoms with Crippen molar-refractivity contribution in [2.75, 3.05) is 6.54 Å². The topological polar surface area (TPSA) is 29.9 Å². The molecule has 0 spiro atoms. The van der Waals surface area contributed by atoms with E-state index in [1.54, 1.807) is 11.3 Å². The van der Waals surface area contributed by atoms with Crippen LogP contribution in [-0.4, -0.2) is 16.3 Å². The first kappa shape index (κ1) is 11.8. The van der Waals surface area contributed by atoms with Crippen LogP contribution in [0.25, 0.3) is 0 Å². The Balaban J connectivity index is 1.64. The van der Waals surface area contributed by atoms with E-state index >= 15 is 0 Å². The van der Waals surface area contributed by atoms with Gasteiger partial charge in [-0.2, -0.15) is 5.10 Å². The van der Waals surface area contributed by atoms with Crippen LogP contribution in [0.3, 0.4) is 0 Å². The van der Waals surface area contributed by atoms with Gasteiger partial charge in [0.25, 0.3) is 0 Å². The minimum absolute atomic E-state index is 0.489. The van der Waals surface area contributed by atoms with Crippen molar-refractivity contribution in [2.45, 2.75) is 56.9 Å². The first-order chi connectivity index (χ1) is 9.73. The molecule has 0 unspecified atom stereocenters. The lowest BCUT2D eigenvalue weighted by Crippen LogP contribution is -2.50. The number of aromatic nitrogens is 2. The van der Waals surface area contributed by atoms with E-state index in [9.17, 15) is 0 Å². The maximum atomic E-state index is 4.89. The highest BCUT2D eigenvalue weighted by atomic mass is 15.3. The van der Waals surface area contributed by atoms with Crippen molar-refractivity contribution >= 4 is 0 Å². The Morgan fingerprint density at radius 2 is 1.75 bits per heavy atom. The van der Waals surface area contributed by atoms with E-state index in [4.69, 9.17) is 5.10 Å². The first-order valence-corrected chi connectivity index (χ1v) is 8.49. The van der Waals surface area contributed by atoms with Gasteiger partial charge in [-0.15, -0.1) is 0 Å². The summed E-state index contributed by atoms with van der Waals surface area (Å²) in [5.74, 6) is 3.05. The predicted molar refractivity (Wildman–Crippen MR) is 78.5 cm³/mol. The minimum atomic E-state index is 0.489. The highest BCUT2D eigenvalue weighted by Crippen LogP contribution is 2.61. The number of aryl methyl sites for hydroxylation is 1. The van der Waals surface area contributed by atoms with Crippen molar-refractivity contribution < 1.29 is 0 Å². The van der Waals surface area contributed by atoms with Crippen molar-refractivity contribution in [3.05, 3.63) is 17.0 Å². The zero-order chi connectivity index (χ0) is 13.3. The Kier molecular flexibility index (Phi) is 2.29. The molecule has 4 aliphatic carbocycles. The molecule has 4 bridgehead atoms. The zero-order valence-corrected chi connectivity index (χ0v) is 12.5. The molecule has 1 aromatic heterocycles. The second kappa shape index (κ2) is 3.88. The summed E-state index contributed by atoms with van der Waals surface area (Å²) < 4.78 is 2.27. The molecule has 0 saturated heterocycles. The molecule has 4 saturated carbocycles. The lowest BCUT2D eigenvalue weighted by atomic mass is 9.48. The third-order valence-corrected chi connectivity index (χ3v) is 6.61. The van der Waals surface area contributed by atoms with Gasteiger partial charge in [0.05, 0.1) is 5.69 Å². The lowest BCUT2D eigenvalue weighted by molar-refractivity contribution is -0.00934. The van der Waals surface area contributed by atoms with Gasteiger partial charge in [0.1, 0.15) is 0 Å². The van der Waals surface area contributed by atoms with Crippen LogP contribution in [0.4, 0.5) is 0 Å².